The molecule has 5 nitrogen and oxygen atoms in total. The van der Waals surface area contributed by atoms with Crippen molar-refractivity contribution in [2.75, 3.05) is 7.11 Å². The van der Waals surface area contributed by atoms with Crippen LogP contribution in [-0.4, -0.2) is 28.7 Å². The van der Waals surface area contributed by atoms with Gasteiger partial charge in [0.25, 0.3) is 0 Å². The number of ether oxygens (including phenoxy) is 1. The van der Waals surface area contributed by atoms with Crippen molar-refractivity contribution >= 4 is 17.0 Å². The van der Waals surface area contributed by atoms with Crippen LogP contribution in [0.5, 0.6) is 0 Å². The molecule has 0 amide bonds. The second-order valence-electron chi connectivity index (χ2n) is 5.00. The first-order valence-electron chi connectivity index (χ1n) is 6.44. The summed E-state index contributed by atoms with van der Waals surface area (Å²) in [4.78, 5) is 16.2. The van der Waals surface area contributed by atoms with E-state index in [-0.39, 0.29) is 5.97 Å². The van der Waals surface area contributed by atoms with Crippen LogP contribution < -0.4 is 5.32 Å². The van der Waals surface area contributed by atoms with Crippen molar-refractivity contribution in [3.63, 3.8) is 0 Å². The highest BCUT2D eigenvalue weighted by Gasteiger charge is 2.30. The molecule has 3 rings (SSSR count). The van der Waals surface area contributed by atoms with Crippen LogP contribution in [0, 0.1) is 0 Å². The molecule has 0 spiro atoms. The first-order chi connectivity index (χ1) is 9.19. The lowest BCUT2D eigenvalue weighted by Gasteiger charge is -2.16. The van der Waals surface area contributed by atoms with Gasteiger partial charge in [0.2, 0.25) is 0 Å². The molecule has 0 radical (unpaired) electrons. The molecule has 0 aliphatic heterocycles. The predicted molar refractivity (Wildman–Crippen MR) is 71.6 cm³/mol. The number of rotatable bonds is 4. The summed E-state index contributed by atoms with van der Waals surface area (Å²) in [5, 5.41) is 3.32. The number of hydrogen-bond donors (Lipinski definition) is 1. The minimum Gasteiger partial charge on any atom is -0.468 e. The number of aromatic nitrogens is 2. The van der Waals surface area contributed by atoms with Gasteiger partial charge in [-0.05, 0) is 30.5 Å². The second kappa shape index (κ2) is 4.66. The molecule has 1 N–H and O–H groups in total. The third kappa shape index (κ3) is 2.33. The summed E-state index contributed by atoms with van der Waals surface area (Å²) in [5.74, 6) is -0.248. The van der Waals surface area contributed by atoms with Gasteiger partial charge < -0.3 is 9.30 Å². The lowest BCUT2D eigenvalue weighted by molar-refractivity contribution is -0.143. The summed E-state index contributed by atoms with van der Waals surface area (Å²) in [5.41, 5.74) is 2.86. The number of carbonyl (C=O) groups is 1. The van der Waals surface area contributed by atoms with Gasteiger partial charge in [0, 0.05) is 13.1 Å². The molecule has 1 aliphatic carbocycles. The van der Waals surface area contributed by atoms with Gasteiger partial charge in [-0.2, -0.15) is 0 Å². The zero-order chi connectivity index (χ0) is 13.4. The molecule has 1 saturated carbocycles. The normalized spacial score (nSPS) is 16.5. The zero-order valence-electron chi connectivity index (χ0n) is 11.1. The molecular weight excluding hydrogens is 242 g/mol. The van der Waals surface area contributed by atoms with E-state index in [9.17, 15) is 4.79 Å². The highest BCUT2D eigenvalue weighted by molar-refractivity contribution is 5.81. The Labute approximate surface area is 111 Å². The Kier molecular flexibility index (Phi) is 2.98. The lowest BCUT2D eigenvalue weighted by Crippen LogP contribution is -2.31. The topological polar surface area (TPSA) is 56.1 Å². The van der Waals surface area contributed by atoms with Crippen LogP contribution in [0.15, 0.2) is 24.5 Å². The Morgan fingerprint density at radius 1 is 1.53 bits per heavy atom. The van der Waals surface area contributed by atoms with E-state index in [1.54, 1.807) is 6.33 Å². The molecule has 0 bridgehead atoms. The fourth-order valence-corrected chi connectivity index (χ4v) is 2.24. The molecular formula is C14H17N3O2. The Bertz CT molecular complexity index is 616. The molecule has 1 fully saturated rings. The average Bonchev–Trinajstić information content (AvgIpc) is 3.18. The molecule has 1 unspecified atom stereocenters. The number of nitrogens with zero attached hydrogens (tertiary/aromatic N) is 2. The van der Waals surface area contributed by atoms with Gasteiger partial charge in [-0.15, -0.1) is 0 Å². The standard InChI is InChI=1S/C14H17N3O2/c1-17-8-15-11-7-9(3-6-12(11)17)13(14(18)19-2)16-10-4-5-10/h3,6-8,10,13,16H,4-5H2,1-2H3. The Balaban J connectivity index is 1.95. The van der Waals surface area contributed by atoms with E-state index in [1.165, 1.54) is 7.11 Å². The SMILES string of the molecule is COC(=O)C(NC1CC1)c1ccc2c(c1)ncn2C. The number of aryl methyl sites for hydroxylation is 1. The van der Waals surface area contributed by atoms with Gasteiger partial charge in [-0.1, -0.05) is 6.07 Å². The minimum absolute atomic E-state index is 0.248. The van der Waals surface area contributed by atoms with Crippen LogP contribution in [0.25, 0.3) is 11.0 Å². The van der Waals surface area contributed by atoms with Crippen molar-refractivity contribution in [1.82, 2.24) is 14.9 Å². The van der Waals surface area contributed by atoms with E-state index in [0.717, 1.165) is 29.4 Å². The first-order valence-corrected chi connectivity index (χ1v) is 6.44. The summed E-state index contributed by atoms with van der Waals surface area (Å²) in [7, 11) is 3.37. The molecule has 19 heavy (non-hydrogen) atoms. The summed E-state index contributed by atoms with van der Waals surface area (Å²) in [6, 6.07) is 5.93. The third-order valence-electron chi connectivity index (χ3n) is 3.50. The maximum absolute atomic E-state index is 11.9. The van der Waals surface area contributed by atoms with Crippen molar-refractivity contribution in [2.45, 2.75) is 24.9 Å². The van der Waals surface area contributed by atoms with Crippen LogP contribution in [-0.2, 0) is 16.6 Å². The maximum atomic E-state index is 11.9. The number of hydrogen-bond acceptors (Lipinski definition) is 4. The second-order valence-corrected chi connectivity index (χ2v) is 5.00. The van der Waals surface area contributed by atoms with E-state index in [4.69, 9.17) is 4.74 Å². The Morgan fingerprint density at radius 3 is 3.00 bits per heavy atom. The number of methoxy groups -OCH3 is 1. The fourth-order valence-electron chi connectivity index (χ4n) is 2.24. The average molecular weight is 259 g/mol. The number of imidazole rings is 1. The Morgan fingerprint density at radius 2 is 2.32 bits per heavy atom. The highest BCUT2D eigenvalue weighted by Crippen LogP contribution is 2.26. The molecule has 0 saturated heterocycles. The van der Waals surface area contributed by atoms with E-state index in [0.29, 0.717) is 6.04 Å². The van der Waals surface area contributed by atoms with Gasteiger partial charge in [0.1, 0.15) is 6.04 Å². The van der Waals surface area contributed by atoms with Crippen molar-refractivity contribution in [3.05, 3.63) is 30.1 Å². The predicted octanol–water partition coefficient (Wildman–Crippen LogP) is 1.54. The molecule has 1 atom stereocenters. The number of benzene rings is 1. The number of esters is 1. The van der Waals surface area contributed by atoms with Crippen LogP contribution in [0.3, 0.4) is 0 Å². The van der Waals surface area contributed by atoms with Crippen LogP contribution in [0.1, 0.15) is 24.4 Å². The van der Waals surface area contributed by atoms with E-state index >= 15 is 0 Å². The zero-order valence-corrected chi connectivity index (χ0v) is 11.1. The summed E-state index contributed by atoms with van der Waals surface area (Å²) in [6.07, 6.45) is 4.02. The first kappa shape index (κ1) is 12.2. The van der Waals surface area contributed by atoms with Gasteiger partial charge >= 0.3 is 5.97 Å². The number of nitrogens with one attached hydrogen (secondary N) is 1. The van der Waals surface area contributed by atoms with Gasteiger partial charge in [0.15, 0.2) is 0 Å². The van der Waals surface area contributed by atoms with E-state index < -0.39 is 6.04 Å². The van der Waals surface area contributed by atoms with Crippen LogP contribution in [0.4, 0.5) is 0 Å². The van der Waals surface area contributed by atoms with Crippen molar-refractivity contribution in [1.29, 1.82) is 0 Å². The monoisotopic (exact) mass is 259 g/mol. The number of fused-ring (bicyclic) bond motifs is 1. The molecule has 1 aromatic carbocycles. The Hall–Kier alpha value is -1.88. The van der Waals surface area contributed by atoms with Gasteiger partial charge in [-0.25, -0.2) is 9.78 Å². The maximum Gasteiger partial charge on any atom is 0.327 e. The summed E-state index contributed by atoms with van der Waals surface area (Å²) in [6.45, 7) is 0. The third-order valence-corrected chi connectivity index (χ3v) is 3.50. The van der Waals surface area contributed by atoms with Crippen molar-refractivity contribution < 1.29 is 9.53 Å². The van der Waals surface area contributed by atoms with Gasteiger partial charge in [-0.3, -0.25) is 5.32 Å². The molecule has 5 heteroatoms. The molecule has 2 aromatic rings. The van der Waals surface area contributed by atoms with Crippen LogP contribution in [0.2, 0.25) is 0 Å². The summed E-state index contributed by atoms with van der Waals surface area (Å²) < 4.78 is 6.84. The molecule has 1 aromatic heterocycles. The van der Waals surface area contributed by atoms with E-state index in [2.05, 4.69) is 10.3 Å². The van der Waals surface area contributed by atoms with Crippen molar-refractivity contribution in [2.24, 2.45) is 7.05 Å². The van der Waals surface area contributed by atoms with E-state index in [1.807, 2.05) is 29.8 Å². The molecule has 1 aliphatic rings. The molecule has 1 heterocycles. The fraction of sp³-hybridized carbons (Fsp3) is 0.429. The largest absolute Gasteiger partial charge is 0.468 e. The van der Waals surface area contributed by atoms with Gasteiger partial charge in [0.05, 0.1) is 24.5 Å². The van der Waals surface area contributed by atoms with Crippen LogP contribution >= 0.6 is 0 Å². The quantitative estimate of drug-likeness (QED) is 0.846. The highest BCUT2D eigenvalue weighted by atomic mass is 16.5. The number of carbonyl (C=O) groups excluding carboxylic acids is 1. The lowest BCUT2D eigenvalue weighted by atomic mass is 10.1. The summed E-state index contributed by atoms with van der Waals surface area (Å²) >= 11 is 0. The minimum atomic E-state index is -0.399. The molecule has 100 valence electrons. The smallest absolute Gasteiger partial charge is 0.327 e. The van der Waals surface area contributed by atoms with Crippen molar-refractivity contribution in [3.8, 4) is 0 Å².